The number of hydrogen-bond donors (Lipinski definition) is 1. The average Bonchev–Trinajstić information content (AvgIpc) is 2.53. The molecule has 2 N–H and O–H groups in total. The molecular formula is C18H23NO. The van der Waals surface area contributed by atoms with Crippen molar-refractivity contribution >= 4 is 0 Å². The summed E-state index contributed by atoms with van der Waals surface area (Å²) in [5, 5.41) is 0. The summed E-state index contributed by atoms with van der Waals surface area (Å²) in [5.74, 6) is 0.850. The van der Waals surface area contributed by atoms with Crippen molar-refractivity contribution < 1.29 is 4.74 Å². The van der Waals surface area contributed by atoms with Crippen LogP contribution in [0.4, 0.5) is 0 Å². The monoisotopic (exact) mass is 269 g/mol. The second-order valence-corrected chi connectivity index (χ2v) is 4.99. The van der Waals surface area contributed by atoms with E-state index >= 15 is 0 Å². The van der Waals surface area contributed by atoms with E-state index in [2.05, 4.69) is 38.1 Å². The van der Waals surface area contributed by atoms with E-state index in [0.717, 1.165) is 24.2 Å². The SMILES string of the molecule is CCc1ccc(CC)c(C(N)c2cccc(OC)c2)c1. The predicted molar refractivity (Wildman–Crippen MR) is 84.2 cm³/mol. The third-order valence-corrected chi connectivity index (χ3v) is 3.79. The Labute approximate surface area is 121 Å². The van der Waals surface area contributed by atoms with Crippen molar-refractivity contribution in [2.45, 2.75) is 32.7 Å². The minimum atomic E-state index is -0.105. The summed E-state index contributed by atoms with van der Waals surface area (Å²) in [6.45, 7) is 4.34. The summed E-state index contributed by atoms with van der Waals surface area (Å²) in [5.41, 5.74) is 11.4. The van der Waals surface area contributed by atoms with Crippen LogP contribution >= 0.6 is 0 Å². The lowest BCUT2D eigenvalue weighted by Crippen LogP contribution is -2.14. The number of methoxy groups -OCH3 is 1. The van der Waals surface area contributed by atoms with Gasteiger partial charge in [0.15, 0.2) is 0 Å². The Bertz CT molecular complexity index is 577. The molecule has 0 aliphatic heterocycles. The molecule has 0 saturated heterocycles. The van der Waals surface area contributed by atoms with Crippen molar-refractivity contribution in [1.29, 1.82) is 0 Å². The van der Waals surface area contributed by atoms with Gasteiger partial charge in [-0.2, -0.15) is 0 Å². The molecule has 0 amide bonds. The van der Waals surface area contributed by atoms with Gasteiger partial charge in [0.1, 0.15) is 5.75 Å². The molecule has 2 aromatic carbocycles. The lowest BCUT2D eigenvalue weighted by molar-refractivity contribution is 0.414. The van der Waals surface area contributed by atoms with Crippen LogP contribution in [-0.4, -0.2) is 7.11 Å². The molecule has 2 aromatic rings. The van der Waals surface area contributed by atoms with E-state index < -0.39 is 0 Å². The topological polar surface area (TPSA) is 35.2 Å². The molecule has 0 fully saturated rings. The first-order valence-corrected chi connectivity index (χ1v) is 7.20. The van der Waals surface area contributed by atoms with Gasteiger partial charge in [0, 0.05) is 0 Å². The minimum Gasteiger partial charge on any atom is -0.497 e. The molecule has 0 bridgehead atoms. The smallest absolute Gasteiger partial charge is 0.119 e. The van der Waals surface area contributed by atoms with E-state index in [9.17, 15) is 0 Å². The standard InChI is InChI=1S/C18H23NO/c1-4-13-9-10-14(5-2)17(11-13)18(19)15-7-6-8-16(12-15)20-3/h6-12,18H,4-5,19H2,1-3H3. The molecule has 0 aliphatic carbocycles. The van der Waals surface area contributed by atoms with Crippen LogP contribution in [0.2, 0.25) is 0 Å². The summed E-state index contributed by atoms with van der Waals surface area (Å²) in [4.78, 5) is 0. The number of nitrogens with two attached hydrogens (primary N) is 1. The number of benzene rings is 2. The molecular weight excluding hydrogens is 246 g/mol. The zero-order valence-corrected chi connectivity index (χ0v) is 12.5. The van der Waals surface area contributed by atoms with Gasteiger partial charge in [-0.05, 0) is 47.2 Å². The Morgan fingerprint density at radius 1 is 1.05 bits per heavy atom. The second kappa shape index (κ2) is 6.58. The van der Waals surface area contributed by atoms with Gasteiger partial charge in [-0.15, -0.1) is 0 Å². The summed E-state index contributed by atoms with van der Waals surface area (Å²) in [7, 11) is 1.68. The van der Waals surface area contributed by atoms with Gasteiger partial charge in [0.05, 0.1) is 13.2 Å². The molecule has 20 heavy (non-hydrogen) atoms. The average molecular weight is 269 g/mol. The zero-order valence-electron chi connectivity index (χ0n) is 12.5. The molecule has 0 aromatic heterocycles. The molecule has 0 heterocycles. The first-order valence-electron chi connectivity index (χ1n) is 7.20. The molecule has 0 aliphatic rings. The van der Waals surface area contributed by atoms with Gasteiger partial charge in [-0.25, -0.2) is 0 Å². The van der Waals surface area contributed by atoms with Crippen LogP contribution in [0.3, 0.4) is 0 Å². The minimum absolute atomic E-state index is 0.105. The molecule has 0 spiro atoms. The van der Waals surface area contributed by atoms with Crippen molar-refractivity contribution in [2.24, 2.45) is 5.73 Å². The maximum atomic E-state index is 6.48. The molecule has 1 atom stereocenters. The van der Waals surface area contributed by atoms with Gasteiger partial charge in [0.2, 0.25) is 0 Å². The van der Waals surface area contributed by atoms with Crippen molar-refractivity contribution in [3.05, 3.63) is 64.7 Å². The van der Waals surface area contributed by atoms with Gasteiger partial charge in [0.25, 0.3) is 0 Å². The van der Waals surface area contributed by atoms with E-state index in [1.54, 1.807) is 7.11 Å². The summed E-state index contributed by atoms with van der Waals surface area (Å²) >= 11 is 0. The number of hydrogen-bond acceptors (Lipinski definition) is 2. The van der Waals surface area contributed by atoms with E-state index in [0.29, 0.717) is 0 Å². The highest BCUT2D eigenvalue weighted by Gasteiger charge is 2.13. The van der Waals surface area contributed by atoms with Crippen molar-refractivity contribution in [1.82, 2.24) is 0 Å². The summed E-state index contributed by atoms with van der Waals surface area (Å²) in [6.07, 6.45) is 2.03. The van der Waals surface area contributed by atoms with Crippen LogP contribution < -0.4 is 10.5 Å². The Balaban J connectivity index is 2.42. The van der Waals surface area contributed by atoms with E-state index in [-0.39, 0.29) is 6.04 Å². The quantitative estimate of drug-likeness (QED) is 0.894. The zero-order chi connectivity index (χ0) is 14.5. The predicted octanol–water partition coefficient (Wildman–Crippen LogP) is 3.87. The van der Waals surface area contributed by atoms with Crippen LogP contribution in [0.5, 0.6) is 5.75 Å². The fraction of sp³-hybridized carbons (Fsp3) is 0.333. The highest BCUT2D eigenvalue weighted by atomic mass is 16.5. The van der Waals surface area contributed by atoms with E-state index in [1.807, 2.05) is 18.2 Å². The molecule has 2 heteroatoms. The maximum Gasteiger partial charge on any atom is 0.119 e. The number of ether oxygens (including phenoxy) is 1. The molecule has 2 nitrogen and oxygen atoms in total. The Kier molecular flexibility index (Phi) is 4.80. The fourth-order valence-electron chi connectivity index (χ4n) is 2.49. The van der Waals surface area contributed by atoms with Crippen LogP contribution in [0, 0.1) is 0 Å². The highest BCUT2D eigenvalue weighted by molar-refractivity contribution is 5.41. The van der Waals surface area contributed by atoms with E-state index in [4.69, 9.17) is 10.5 Å². The third-order valence-electron chi connectivity index (χ3n) is 3.79. The van der Waals surface area contributed by atoms with Crippen molar-refractivity contribution in [2.75, 3.05) is 7.11 Å². The van der Waals surface area contributed by atoms with Crippen molar-refractivity contribution in [3.63, 3.8) is 0 Å². The van der Waals surface area contributed by atoms with Crippen LogP contribution in [0.25, 0.3) is 0 Å². The van der Waals surface area contributed by atoms with Crippen molar-refractivity contribution in [3.8, 4) is 5.75 Å². The molecule has 0 saturated carbocycles. The summed E-state index contributed by atoms with van der Waals surface area (Å²) < 4.78 is 5.29. The molecule has 1 unspecified atom stereocenters. The lowest BCUT2D eigenvalue weighted by Gasteiger charge is -2.18. The highest BCUT2D eigenvalue weighted by Crippen LogP contribution is 2.27. The lowest BCUT2D eigenvalue weighted by atomic mass is 9.92. The Hall–Kier alpha value is -1.80. The second-order valence-electron chi connectivity index (χ2n) is 4.99. The normalized spacial score (nSPS) is 12.2. The molecule has 106 valence electrons. The molecule has 0 radical (unpaired) electrons. The first kappa shape index (κ1) is 14.6. The van der Waals surface area contributed by atoms with E-state index in [1.165, 1.54) is 16.7 Å². The van der Waals surface area contributed by atoms with Crippen LogP contribution in [0.15, 0.2) is 42.5 Å². The van der Waals surface area contributed by atoms with Gasteiger partial charge in [-0.3, -0.25) is 0 Å². The Morgan fingerprint density at radius 3 is 2.50 bits per heavy atom. The van der Waals surface area contributed by atoms with Crippen LogP contribution in [-0.2, 0) is 12.8 Å². The van der Waals surface area contributed by atoms with Crippen LogP contribution in [0.1, 0.15) is 42.1 Å². The third kappa shape index (κ3) is 3.02. The first-order chi connectivity index (χ1) is 9.69. The summed E-state index contributed by atoms with van der Waals surface area (Å²) in [6, 6.07) is 14.5. The van der Waals surface area contributed by atoms with Gasteiger partial charge < -0.3 is 10.5 Å². The fourth-order valence-corrected chi connectivity index (χ4v) is 2.49. The largest absolute Gasteiger partial charge is 0.497 e. The Morgan fingerprint density at radius 2 is 1.85 bits per heavy atom. The van der Waals surface area contributed by atoms with Gasteiger partial charge in [-0.1, -0.05) is 44.2 Å². The van der Waals surface area contributed by atoms with Gasteiger partial charge >= 0.3 is 0 Å². The number of rotatable bonds is 5. The number of aryl methyl sites for hydroxylation is 2. The maximum absolute atomic E-state index is 6.48. The molecule has 2 rings (SSSR count).